The van der Waals surface area contributed by atoms with Crippen LogP contribution in [0.15, 0.2) is 48.5 Å². The maximum Gasteiger partial charge on any atom is 0.195 e. The molecule has 0 radical (unpaired) electrons. The van der Waals surface area contributed by atoms with Gasteiger partial charge in [-0.2, -0.15) is 0 Å². The van der Waals surface area contributed by atoms with Crippen molar-refractivity contribution < 1.29 is 9.59 Å². The Hall–Kier alpha value is -2.19. The second-order valence-electron chi connectivity index (χ2n) is 4.29. The van der Waals surface area contributed by atoms with Gasteiger partial charge in [-0.25, -0.2) is 0 Å². The molecular formula is C16H9ClO2. The number of ketones is 1. The van der Waals surface area contributed by atoms with E-state index in [0.29, 0.717) is 27.3 Å². The van der Waals surface area contributed by atoms with Gasteiger partial charge in [0.1, 0.15) is 0 Å². The summed E-state index contributed by atoms with van der Waals surface area (Å²) < 4.78 is 0. The van der Waals surface area contributed by atoms with Gasteiger partial charge in [0.15, 0.2) is 12.1 Å². The normalized spacial score (nSPS) is 13.6. The van der Waals surface area contributed by atoms with E-state index < -0.39 is 0 Å². The Balaban J connectivity index is 2.26. The van der Waals surface area contributed by atoms with Crippen molar-refractivity contribution in [3.8, 4) is 0 Å². The fourth-order valence-corrected chi connectivity index (χ4v) is 2.52. The Kier molecular flexibility index (Phi) is 2.80. The third-order valence-electron chi connectivity index (χ3n) is 3.19. The maximum atomic E-state index is 12.4. The summed E-state index contributed by atoms with van der Waals surface area (Å²) >= 11 is 5.91. The molecule has 0 saturated carbocycles. The van der Waals surface area contributed by atoms with Crippen molar-refractivity contribution in [2.24, 2.45) is 0 Å². The number of allylic oxidation sites excluding steroid dienone is 2. The summed E-state index contributed by atoms with van der Waals surface area (Å²) in [5, 5.41) is 0.492. The number of benzene rings is 2. The van der Waals surface area contributed by atoms with Crippen LogP contribution < -0.4 is 0 Å². The van der Waals surface area contributed by atoms with E-state index in [0.717, 1.165) is 11.8 Å². The van der Waals surface area contributed by atoms with Crippen LogP contribution in [0, 0.1) is 0 Å². The second-order valence-corrected chi connectivity index (χ2v) is 4.73. The molecule has 0 bridgehead atoms. The Morgan fingerprint density at radius 3 is 2.37 bits per heavy atom. The van der Waals surface area contributed by atoms with Crippen molar-refractivity contribution >= 4 is 34.8 Å². The number of hydrogen-bond donors (Lipinski definition) is 0. The minimum Gasteiger partial charge on any atom is -0.298 e. The minimum atomic E-state index is -0.147. The van der Waals surface area contributed by atoms with Crippen molar-refractivity contribution in [2.45, 2.75) is 0 Å². The van der Waals surface area contributed by atoms with Gasteiger partial charge in [0.25, 0.3) is 0 Å². The molecule has 0 heterocycles. The summed E-state index contributed by atoms with van der Waals surface area (Å²) in [6.07, 6.45) is 0.736. The number of rotatable bonds is 2. The summed E-state index contributed by atoms with van der Waals surface area (Å²) in [7, 11) is 0. The molecule has 0 spiro atoms. The Labute approximate surface area is 115 Å². The first-order chi connectivity index (χ1) is 9.22. The molecule has 19 heavy (non-hydrogen) atoms. The van der Waals surface area contributed by atoms with Crippen LogP contribution in [0.4, 0.5) is 0 Å². The summed E-state index contributed by atoms with van der Waals surface area (Å²) in [6.45, 7) is 0. The molecule has 2 nitrogen and oxygen atoms in total. The topological polar surface area (TPSA) is 34.1 Å². The van der Waals surface area contributed by atoms with Crippen molar-refractivity contribution in [3.63, 3.8) is 0 Å². The molecule has 2 aromatic carbocycles. The van der Waals surface area contributed by atoms with Crippen LogP contribution in [0.3, 0.4) is 0 Å². The van der Waals surface area contributed by atoms with Crippen LogP contribution in [-0.2, 0) is 4.79 Å². The number of fused-ring (bicyclic) bond motifs is 1. The Morgan fingerprint density at radius 2 is 1.68 bits per heavy atom. The van der Waals surface area contributed by atoms with E-state index in [-0.39, 0.29) is 5.78 Å². The van der Waals surface area contributed by atoms with E-state index in [2.05, 4.69) is 0 Å². The van der Waals surface area contributed by atoms with Crippen LogP contribution in [-0.4, -0.2) is 12.1 Å². The van der Waals surface area contributed by atoms with E-state index in [1.54, 1.807) is 18.2 Å². The molecule has 3 rings (SSSR count). The monoisotopic (exact) mass is 268 g/mol. The van der Waals surface area contributed by atoms with E-state index in [1.165, 1.54) is 0 Å². The SMILES string of the molecule is O=CC1=C(c2ccccc2)C(=O)c2cc(Cl)ccc21. The van der Waals surface area contributed by atoms with Crippen molar-refractivity contribution in [2.75, 3.05) is 0 Å². The number of Topliss-reactive ketones (excluding diaryl/α,β-unsaturated/α-hetero) is 1. The highest BCUT2D eigenvalue weighted by Gasteiger charge is 2.30. The first-order valence-electron chi connectivity index (χ1n) is 5.82. The molecule has 0 atom stereocenters. The molecule has 0 amide bonds. The lowest BCUT2D eigenvalue weighted by molar-refractivity contribution is -0.103. The van der Waals surface area contributed by atoms with Crippen LogP contribution in [0.1, 0.15) is 21.5 Å². The van der Waals surface area contributed by atoms with E-state index in [9.17, 15) is 9.59 Å². The maximum absolute atomic E-state index is 12.4. The Morgan fingerprint density at radius 1 is 0.947 bits per heavy atom. The van der Waals surface area contributed by atoms with E-state index in [4.69, 9.17) is 11.6 Å². The van der Waals surface area contributed by atoms with Gasteiger partial charge in [-0.15, -0.1) is 0 Å². The van der Waals surface area contributed by atoms with E-state index in [1.807, 2.05) is 30.3 Å². The largest absolute Gasteiger partial charge is 0.298 e. The van der Waals surface area contributed by atoms with Gasteiger partial charge < -0.3 is 0 Å². The average molecular weight is 269 g/mol. The number of aldehydes is 1. The highest BCUT2D eigenvalue weighted by molar-refractivity contribution is 6.46. The molecule has 0 fully saturated rings. The van der Waals surface area contributed by atoms with Gasteiger partial charge in [-0.05, 0) is 23.3 Å². The minimum absolute atomic E-state index is 0.147. The third kappa shape index (κ3) is 1.81. The molecule has 0 aliphatic heterocycles. The summed E-state index contributed by atoms with van der Waals surface area (Å²) in [6, 6.07) is 14.2. The van der Waals surface area contributed by atoms with Gasteiger partial charge in [0.2, 0.25) is 0 Å². The summed E-state index contributed by atoms with van der Waals surface area (Å²) in [5.74, 6) is -0.147. The zero-order valence-electron chi connectivity index (χ0n) is 9.89. The molecule has 0 saturated heterocycles. The van der Waals surface area contributed by atoms with Gasteiger partial charge in [-0.1, -0.05) is 48.0 Å². The molecule has 3 heteroatoms. The Bertz CT molecular complexity index is 715. The van der Waals surface area contributed by atoms with Gasteiger partial charge in [0, 0.05) is 21.7 Å². The predicted molar refractivity (Wildman–Crippen MR) is 75.1 cm³/mol. The fraction of sp³-hybridized carbons (Fsp3) is 0. The quantitative estimate of drug-likeness (QED) is 0.779. The lowest BCUT2D eigenvalue weighted by Crippen LogP contribution is -1.98. The molecule has 0 unspecified atom stereocenters. The highest BCUT2D eigenvalue weighted by Crippen LogP contribution is 2.38. The average Bonchev–Trinajstić information content (AvgIpc) is 2.72. The van der Waals surface area contributed by atoms with Crippen molar-refractivity contribution in [3.05, 3.63) is 70.2 Å². The predicted octanol–water partition coefficient (Wildman–Crippen LogP) is 3.65. The van der Waals surface area contributed by atoms with Gasteiger partial charge in [-0.3, -0.25) is 9.59 Å². The second kappa shape index (κ2) is 4.48. The zero-order valence-corrected chi connectivity index (χ0v) is 10.6. The number of carbonyl (C=O) groups is 2. The van der Waals surface area contributed by atoms with Gasteiger partial charge in [0.05, 0.1) is 0 Å². The van der Waals surface area contributed by atoms with Crippen molar-refractivity contribution in [1.29, 1.82) is 0 Å². The van der Waals surface area contributed by atoms with Crippen LogP contribution >= 0.6 is 11.6 Å². The van der Waals surface area contributed by atoms with Crippen LogP contribution in [0.25, 0.3) is 11.1 Å². The summed E-state index contributed by atoms with van der Waals surface area (Å²) in [5.41, 5.74) is 2.79. The molecule has 1 aliphatic carbocycles. The zero-order chi connectivity index (χ0) is 13.4. The molecule has 2 aromatic rings. The lowest BCUT2D eigenvalue weighted by atomic mass is 10.0. The number of halogens is 1. The highest BCUT2D eigenvalue weighted by atomic mass is 35.5. The number of hydrogen-bond acceptors (Lipinski definition) is 2. The standard InChI is InChI=1S/C16H9ClO2/c17-11-6-7-12-13(8-11)16(19)15(14(12)9-18)10-4-2-1-3-5-10/h1-9H. The lowest BCUT2D eigenvalue weighted by Gasteiger charge is -2.01. The molecule has 0 N–H and O–H groups in total. The first kappa shape index (κ1) is 11.9. The molecule has 92 valence electrons. The smallest absolute Gasteiger partial charge is 0.195 e. The fourth-order valence-electron chi connectivity index (χ4n) is 2.34. The number of carbonyl (C=O) groups excluding carboxylic acids is 2. The molecular weight excluding hydrogens is 260 g/mol. The van der Waals surface area contributed by atoms with Crippen LogP contribution in [0.2, 0.25) is 5.02 Å². The van der Waals surface area contributed by atoms with Gasteiger partial charge >= 0.3 is 0 Å². The molecule has 0 aromatic heterocycles. The van der Waals surface area contributed by atoms with Crippen molar-refractivity contribution in [1.82, 2.24) is 0 Å². The third-order valence-corrected chi connectivity index (χ3v) is 3.43. The summed E-state index contributed by atoms with van der Waals surface area (Å²) in [4.78, 5) is 23.8. The van der Waals surface area contributed by atoms with E-state index >= 15 is 0 Å². The van der Waals surface area contributed by atoms with Crippen LogP contribution in [0.5, 0.6) is 0 Å². The molecule has 1 aliphatic rings. The first-order valence-corrected chi connectivity index (χ1v) is 6.19.